The first-order valence-electron chi connectivity index (χ1n) is 9.33. The summed E-state index contributed by atoms with van der Waals surface area (Å²) in [6, 6.07) is 11.9. The number of nitrogens with zero attached hydrogens (tertiary/aromatic N) is 2. The van der Waals surface area contributed by atoms with E-state index in [0.29, 0.717) is 12.1 Å². The van der Waals surface area contributed by atoms with Crippen molar-refractivity contribution in [3.63, 3.8) is 0 Å². The highest BCUT2D eigenvalue weighted by Gasteiger charge is 2.11. The third-order valence-corrected chi connectivity index (χ3v) is 4.82. The average molecular weight is 337 g/mol. The lowest BCUT2D eigenvalue weighted by atomic mass is 10.1. The van der Waals surface area contributed by atoms with Gasteiger partial charge < -0.3 is 10.2 Å². The lowest BCUT2D eigenvalue weighted by Crippen LogP contribution is -2.25. The fourth-order valence-electron chi connectivity index (χ4n) is 3.18. The van der Waals surface area contributed by atoms with Crippen molar-refractivity contribution >= 4 is 11.7 Å². The molecule has 2 heterocycles. The zero-order valence-corrected chi connectivity index (χ0v) is 15.0. The summed E-state index contributed by atoms with van der Waals surface area (Å²) < 4.78 is 0. The molecule has 25 heavy (non-hydrogen) atoms. The molecular formula is C21H27N3O. The number of carbonyl (C=O) groups excluding carboxylic acids is 1. The van der Waals surface area contributed by atoms with Crippen LogP contribution in [0.25, 0.3) is 0 Å². The van der Waals surface area contributed by atoms with E-state index in [2.05, 4.69) is 34.3 Å². The Kier molecular flexibility index (Phi) is 6.04. The number of nitrogens with one attached hydrogen (secondary N) is 1. The van der Waals surface area contributed by atoms with Gasteiger partial charge in [-0.25, -0.2) is 4.98 Å². The van der Waals surface area contributed by atoms with Gasteiger partial charge in [0.05, 0.1) is 0 Å². The van der Waals surface area contributed by atoms with Gasteiger partial charge in [0.15, 0.2) is 0 Å². The molecule has 4 heteroatoms. The number of benzene rings is 1. The molecule has 4 nitrogen and oxygen atoms in total. The first-order chi connectivity index (χ1) is 12.3. The second kappa shape index (κ2) is 8.65. The average Bonchev–Trinajstić information content (AvgIpc) is 2.96. The summed E-state index contributed by atoms with van der Waals surface area (Å²) >= 11 is 0. The second-order valence-corrected chi connectivity index (χ2v) is 6.66. The van der Waals surface area contributed by atoms with Gasteiger partial charge in [-0.15, -0.1) is 0 Å². The predicted octanol–water partition coefficient (Wildman–Crippen LogP) is 3.95. The molecule has 1 N–H and O–H groups in total. The number of aromatic nitrogens is 1. The number of anilines is 1. The predicted molar refractivity (Wildman–Crippen MR) is 102 cm³/mol. The first-order valence-corrected chi connectivity index (χ1v) is 9.33. The van der Waals surface area contributed by atoms with Gasteiger partial charge in [0.1, 0.15) is 5.82 Å². The van der Waals surface area contributed by atoms with Crippen molar-refractivity contribution in [2.24, 2.45) is 0 Å². The van der Waals surface area contributed by atoms with Crippen LogP contribution in [-0.4, -0.2) is 24.0 Å². The monoisotopic (exact) mass is 337 g/mol. The maximum atomic E-state index is 12.2. The fraction of sp³-hybridized carbons (Fsp3) is 0.429. The topological polar surface area (TPSA) is 45.2 Å². The molecule has 0 atom stereocenters. The van der Waals surface area contributed by atoms with Crippen LogP contribution in [0.5, 0.6) is 0 Å². The Hall–Kier alpha value is -2.36. The quantitative estimate of drug-likeness (QED) is 0.898. The second-order valence-electron chi connectivity index (χ2n) is 6.66. The Bertz CT molecular complexity index is 671. The van der Waals surface area contributed by atoms with Crippen molar-refractivity contribution in [3.05, 3.63) is 59.3 Å². The van der Waals surface area contributed by atoms with Gasteiger partial charge in [-0.1, -0.05) is 38.0 Å². The molecule has 1 aliphatic heterocycles. The number of aryl methyl sites for hydroxylation is 1. The van der Waals surface area contributed by atoms with E-state index >= 15 is 0 Å². The van der Waals surface area contributed by atoms with Gasteiger partial charge in [0.25, 0.3) is 5.91 Å². The Morgan fingerprint density at radius 1 is 1.00 bits per heavy atom. The molecule has 0 aliphatic carbocycles. The molecule has 0 radical (unpaired) electrons. The largest absolute Gasteiger partial charge is 0.357 e. The van der Waals surface area contributed by atoms with Crippen LogP contribution in [0.1, 0.15) is 54.1 Å². The summed E-state index contributed by atoms with van der Waals surface area (Å²) in [6.45, 7) is 4.80. The molecule has 1 fully saturated rings. The van der Waals surface area contributed by atoms with Gasteiger partial charge in [-0.05, 0) is 48.6 Å². The molecule has 0 bridgehead atoms. The lowest BCUT2D eigenvalue weighted by Gasteiger charge is -2.21. The minimum Gasteiger partial charge on any atom is -0.357 e. The van der Waals surface area contributed by atoms with E-state index in [4.69, 9.17) is 0 Å². The molecule has 0 spiro atoms. The van der Waals surface area contributed by atoms with Crippen molar-refractivity contribution in [2.45, 2.75) is 45.6 Å². The number of hydrogen-bond donors (Lipinski definition) is 1. The molecule has 0 saturated carbocycles. The van der Waals surface area contributed by atoms with Crippen molar-refractivity contribution in [1.29, 1.82) is 0 Å². The first kappa shape index (κ1) is 17.5. The molecule has 2 aromatic rings. The van der Waals surface area contributed by atoms with Crippen LogP contribution >= 0.6 is 0 Å². The van der Waals surface area contributed by atoms with Crippen LogP contribution in [0.3, 0.4) is 0 Å². The third kappa shape index (κ3) is 4.81. The van der Waals surface area contributed by atoms with Crippen LogP contribution in [0, 0.1) is 0 Å². The Morgan fingerprint density at radius 3 is 2.28 bits per heavy atom. The summed E-state index contributed by atoms with van der Waals surface area (Å²) in [5.41, 5.74) is 2.97. The zero-order valence-electron chi connectivity index (χ0n) is 15.0. The van der Waals surface area contributed by atoms with E-state index in [1.165, 1.54) is 31.2 Å². The van der Waals surface area contributed by atoms with Crippen LogP contribution < -0.4 is 10.2 Å². The number of pyridine rings is 1. The van der Waals surface area contributed by atoms with Crippen molar-refractivity contribution in [2.75, 3.05) is 18.0 Å². The molecule has 1 amide bonds. The fourth-order valence-corrected chi connectivity index (χ4v) is 3.18. The smallest absolute Gasteiger partial charge is 0.251 e. The highest BCUT2D eigenvalue weighted by Crippen LogP contribution is 2.17. The molecule has 1 aromatic carbocycles. The molecule has 1 aromatic heterocycles. The van der Waals surface area contributed by atoms with E-state index in [-0.39, 0.29) is 5.91 Å². The van der Waals surface area contributed by atoms with Gasteiger partial charge >= 0.3 is 0 Å². The van der Waals surface area contributed by atoms with E-state index in [1.807, 2.05) is 30.5 Å². The Morgan fingerprint density at radius 2 is 1.68 bits per heavy atom. The molecule has 1 aliphatic rings. The van der Waals surface area contributed by atoms with E-state index < -0.39 is 0 Å². The number of carbonyl (C=O) groups is 1. The van der Waals surface area contributed by atoms with Crippen LogP contribution in [0.15, 0.2) is 42.6 Å². The number of amides is 1. The summed E-state index contributed by atoms with van der Waals surface area (Å²) in [5.74, 6) is 1.01. The van der Waals surface area contributed by atoms with Crippen LogP contribution in [-0.2, 0) is 13.0 Å². The van der Waals surface area contributed by atoms with Gasteiger partial charge in [0.2, 0.25) is 0 Å². The highest BCUT2D eigenvalue weighted by atomic mass is 16.1. The standard InChI is InChI=1S/C21H27N3O/c1-2-17-7-10-19(11-8-17)21(25)23-16-18-9-12-20(22-15-18)24-13-5-3-4-6-14-24/h7-12,15H,2-6,13-14,16H2,1H3,(H,23,25). The third-order valence-electron chi connectivity index (χ3n) is 4.82. The van der Waals surface area contributed by atoms with E-state index in [0.717, 1.165) is 30.9 Å². The maximum absolute atomic E-state index is 12.2. The number of hydrogen-bond acceptors (Lipinski definition) is 3. The normalized spacial score (nSPS) is 14.8. The van der Waals surface area contributed by atoms with Gasteiger partial charge in [-0.2, -0.15) is 0 Å². The van der Waals surface area contributed by atoms with E-state index in [9.17, 15) is 4.79 Å². The lowest BCUT2D eigenvalue weighted by molar-refractivity contribution is 0.0951. The van der Waals surface area contributed by atoms with Crippen molar-refractivity contribution in [1.82, 2.24) is 10.3 Å². The van der Waals surface area contributed by atoms with Gasteiger partial charge in [0, 0.05) is 31.4 Å². The molecule has 0 unspecified atom stereocenters. The molecule has 1 saturated heterocycles. The zero-order chi connectivity index (χ0) is 17.5. The highest BCUT2D eigenvalue weighted by molar-refractivity contribution is 5.94. The summed E-state index contributed by atoms with van der Waals surface area (Å²) in [6.07, 6.45) is 7.99. The Balaban J connectivity index is 1.54. The van der Waals surface area contributed by atoms with Crippen LogP contribution in [0.2, 0.25) is 0 Å². The SMILES string of the molecule is CCc1ccc(C(=O)NCc2ccc(N3CCCCCC3)nc2)cc1. The van der Waals surface area contributed by atoms with Crippen LogP contribution in [0.4, 0.5) is 5.82 Å². The molecule has 3 rings (SSSR count). The minimum atomic E-state index is -0.0424. The van der Waals surface area contributed by atoms with Crippen molar-refractivity contribution in [3.8, 4) is 0 Å². The summed E-state index contributed by atoms with van der Waals surface area (Å²) in [5, 5.41) is 2.97. The minimum absolute atomic E-state index is 0.0424. The molecular weight excluding hydrogens is 310 g/mol. The summed E-state index contributed by atoms with van der Waals surface area (Å²) in [4.78, 5) is 19.2. The maximum Gasteiger partial charge on any atom is 0.251 e. The molecule has 132 valence electrons. The summed E-state index contributed by atoms with van der Waals surface area (Å²) in [7, 11) is 0. The van der Waals surface area contributed by atoms with E-state index in [1.54, 1.807) is 0 Å². The van der Waals surface area contributed by atoms with Gasteiger partial charge in [-0.3, -0.25) is 4.79 Å². The number of rotatable bonds is 5. The van der Waals surface area contributed by atoms with Crippen molar-refractivity contribution < 1.29 is 4.79 Å². The Labute approximate surface area is 150 Å².